The van der Waals surface area contributed by atoms with Gasteiger partial charge in [0.25, 0.3) is 0 Å². The zero-order valence-electron chi connectivity index (χ0n) is 18.6. The molecule has 3 rings (SSSR count). The highest BCUT2D eigenvalue weighted by Crippen LogP contribution is 2.40. The fraction of sp³-hybridized carbons (Fsp3) is 0.480. The lowest BCUT2D eigenvalue weighted by atomic mass is 9.92. The molecule has 0 spiro atoms. The van der Waals surface area contributed by atoms with Crippen molar-refractivity contribution in [3.8, 4) is 11.5 Å². The van der Waals surface area contributed by atoms with Gasteiger partial charge in [-0.2, -0.15) is 0 Å². The fourth-order valence-electron chi connectivity index (χ4n) is 4.72. The van der Waals surface area contributed by atoms with Gasteiger partial charge < -0.3 is 14.2 Å². The third kappa shape index (κ3) is 4.62. The number of benzene rings is 2. The molecule has 30 heavy (non-hydrogen) atoms. The molecule has 1 aliphatic carbocycles. The lowest BCUT2D eigenvalue weighted by Gasteiger charge is -2.38. The highest BCUT2D eigenvalue weighted by atomic mass is 16.5. The Hall–Kier alpha value is -2.53. The Balaban J connectivity index is 1.97. The minimum atomic E-state index is -0.124. The Labute approximate surface area is 179 Å². The number of carbonyl (C=O) groups excluding carboxylic acids is 1. The Morgan fingerprint density at radius 1 is 1.03 bits per heavy atom. The maximum Gasteiger partial charge on any atom is 0.310 e. The summed E-state index contributed by atoms with van der Waals surface area (Å²) < 4.78 is 16.1. The first-order valence-electron chi connectivity index (χ1n) is 10.6. The summed E-state index contributed by atoms with van der Waals surface area (Å²) in [6, 6.07) is 16.8. The molecule has 1 saturated carbocycles. The molecule has 0 amide bonds. The summed E-state index contributed by atoms with van der Waals surface area (Å²) >= 11 is 0. The summed E-state index contributed by atoms with van der Waals surface area (Å²) in [4.78, 5) is 15.1. The monoisotopic (exact) mass is 411 g/mol. The van der Waals surface area contributed by atoms with Crippen LogP contribution in [0.15, 0.2) is 48.5 Å². The van der Waals surface area contributed by atoms with Gasteiger partial charge in [-0.1, -0.05) is 43.3 Å². The van der Waals surface area contributed by atoms with E-state index in [1.54, 1.807) is 14.2 Å². The van der Waals surface area contributed by atoms with Crippen LogP contribution in [0.4, 0.5) is 0 Å². The van der Waals surface area contributed by atoms with Crippen molar-refractivity contribution >= 4 is 5.97 Å². The van der Waals surface area contributed by atoms with Gasteiger partial charge >= 0.3 is 5.97 Å². The van der Waals surface area contributed by atoms with Crippen molar-refractivity contribution in [3.63, 3.8) is 0 Å². The van der Waals surface area contributed by atoms with E-state index >= 15 is 0 Å². The maximum absolute atomic E-state index is 12.6. The molecule has 1 aliphatic rings. The van der Waals surface area contributed by atoms with Crippen molar-refractivity contribution < 1.29 is 19.0 Å². The van der Waals surface area contributed by atoms with Crippen molar-refractivity contribution in [2.24, 2.45) is 11.8 Å². The van der Waals surface area contributed by atoms with Crippen LogP contribution in [0.5, 0.6) is 11.5 Å². The van der Waals surface area contributed by atoms with E-state index in [0.717, 1.165) is 18.4 Å². The number of ether oxygens (including phenoxy) is 3. The Morgan fingerprint density at radius 3 is 2.37 bits per heavy atom. The molecule has 162 valence electrons. The minimum absolute atomic E-state index is 0.109. The standard InChI is InChI=1S/C25H33NO4/c1-17-11-13-21(24(17)25(27)30-5)26(18(2)20-9-7-6-8-10-20)16-19-12-14-22(28-3)23(15-19)29-4/h6-10,12,14-15,17-18,21,24H,11,13,16H2,1-5H3/t17-,18-,21-,24+/m1/s1. The lowest BCUT2D eigenvalue weighted by molar-refractivity contribution is -0.149. The van der Waals surface area contributed by atoms with E-state index in [1.807, 2.05) is 18.2 Å². The molecule has 0 radical (unpaired) electrons. The van der Waals surface area contributed by atoms with Crippen molar-refractivity contribution in [1.29, 1.82) is 0 Å². The maximum atomic E-state index is 12.6. The van der Waals surface area contributed by atoms with Gasteiger partial charge in [-0.05, 0) is 48.9 Å². The molecule has 0 heterocycles. The molecule has 5 heteroatoms. The second-order valence-corrected chi connectivity index (χ2v) is 8.12. The van der Waals surface area contributed by atoms with Crippen LogP contribution >= 0.6 is 0 Å². The summed E-state index contributed by atoms with van der Waals surface area (Å²) in [6.45, 7) is 5.08. The molecule has 0 saturated heterocycles. The lowest BCUT2D eigenvalue weighted by Crippen LogP contribution is -2.43. The van der Waals surface area contributed by atoms with Gasteiger partial charge in [0.2, 0.25) is 0 Å². The van der Waals surface area contributed by atoms with Crippen LogP contribution in [-0.2, 0) is 16.1 Å². The fourth-order valence-corrected chi connectivity index (χ4v) is 4.72. The highest BCUT2D eigenvalue weighted by molar-refractivity contribution is 5.74. The molecular formula is C25H33NO4. The molecule has 2 aromatic carbocycles. The average molecular weight is 412 g/mol. The summed E-state index contributed by atoms with van der Waals surface area (Å²) in [5.41, 5.74) is 2.36. The largest absolute Gasteiger partial charge is 0.493 e. The number of nitrogens with zero attached hydrogens (tertiary/aromatic N) is 1. The topological polar surface area (TPSA) is 48.0 Å². The van der Waals surface area contributed by atoms with Gasteiger partial charge in [-0.3, -0.25) is 9.69 Å². The summed E-state index contributed by atoms with van der Waals surface area (Å²) in [7, 11) is 4.78. The molecule has 0 bridgehead atoms. The Morgan fingerprint density at radius 2 is 1.73 bits per heavy atom. The van der Waals surface area contributed by atoms with Gasteiger partial charge in [-0.15, -0.1) is 0 Å². The first-order chi connectivity index (χ1) is 14.5. The first-order valence-corrected chi connectivity index (χ1v) is 10.6. The van der Waals surface area contributed by atoms with Gasteiger partial charge in [0.05, 0.1) is 27.2 Å². The quantitative estimate of drug-likeness (QED) is 0.581. The summed E-state index contributed by atoms with van der Waals surface area (Å²) in [6.07, 6.45) is 2.00. The van der Waals surface area contributed by atoms with E-state index in [-0.39, 0.29) is 24.0 Å². The molecule has 4 atom stereocenters. The summed E-state index contributed by atoms with van der Waals surface area (Å²) in [5, 5.41) is 0. The predicted molar refractivity (Wildman–Crippen MR) is 118 cm³/mol. The third-order valence-electron chi connectivity index (χ3n) is 6.44. The van der Waals surface area contributed by atoms with Crippen LogP contribution in [0, 0.1) is 11.8 Å². The number of hydrogen-bond acceptors (Lipinski definition) is 5. The molecule has 5 nitrogen and oxygen atoms in total. The van der Waals surface area contributed by atoms with Crippen LogP contribution in [-0.4, -0.2) is 38.2 Å². The van der Waals surface area contributed by atoms with E-state index < -0.39 is 0 Å². The van der Waals surface area contributed by atoms with E-state index in [9.17, 15) is 4.79 Å². The molecule has 0 aliphatic heterocycles. The third-order valence-corrected chi connectivity index (χ3v) is 6.44. The molecule has 0 aromatic heterocycles. The van der Waals surface area contributed by atoms with Gasteiger partial charge in [-0.25, -0.2) is 0 Å². The SMILES string of the molecule is COC(=O)[C@H]1[C@H](C)CC[C@H]1N(Cc1ccc(OC)c(OC)c1)[C@H](C)c1ccccc1. The van der Waals surface area contributed by atoms with Crippen LogP contribution in [0.1, 0.15) is 43.9 Å². The van der Waals surface area contributed by atoms with Crippen LogP contribution < -0.4 is 9.47 Å². The van der Waals surface area contributed by atoms with E-state index in [0.29, 0.717) is 24.0 Å². The average Bonchev–Trinajstić information content (AvgIpc) is 3.17. The van der Waals surface area contributed by atoms with Crippen molar-refractivity contribution in [2.75, 3.05) is 21.3 Å². The molecule has 0 unspecified atom stereocenters. The number of carbonyl (C=O) groups is 1. The predicted octanol–water partition coefficient (Wildman–Crippen LogP) is 4.85. The molecule has 2 aromatic rings. The number of methoxy groups -OCH3 is 3. The Kier molecular flexibility index (Phi) is 7.38. The molecule has 0 N–H and O–H groups in total. The van der Waals surface area contributed by atoms with Gasteiger partial charge in [0.1, 0.15) is 0 Å². The minimum Gasteiger partial charge on any atom is -0.493 e. The van der Waals surface area contributed by atoms with E-state index in [2.05, 4.69) is 49.1 Å². The Bertz CT molecular complexity index is 838. The zero-order valence-corrected chi connectivity index (χ0v) is 18.6. The van der Waals surface area contributed by atoms with E-state index in [4.69, 9.17) is 14.2 Å². The highest BCUT2D eigenvalue weighted by Gasteiger charge is 2.43. The normalized spacial score (nSPS) is 22.0. The molecular weight excluding hydrogens is 378 g/mol. The van der Waals surface area contributed by atoms with Crippen LogP contribution in [0.3, 0.4) is 0 Å². The smallest absolute Gasteiger partial charge is 0.310 e. The van der Waals surface area contributed by atoms with Gasteiger partial charge in [0.15, 0.2) is 11.5 Å². The first kappa shape index (κ1) is 22.2. The zero-order chi connectivity index (χ0) is 21.7. The van der Waals surface area contributed by atoms with Crippen LogP contribution in [0.25, 0.3) is 0 Å². The van der Waals surface area contributed by atoms with Gasteiger partial charge in [0, 0.05) is 18.6 Å². The summed E-state index contributed by atoms with van der Waals surface area (Å²) in [5.74, 6) is 1.50. The van der Waals surface area contributed by atoms with Crippen molar-refractivity contribution in [1.82, 2.24) is 4.90 Å². The second kappa shape index (κ2) is 9.98. The number of hydrogen-bond donors (Lipinski definition) is 0. The van der Waals surface area contributed by atoms with Crippen LogP contribution in [0.2, 0.25) is 0 Å². The van der Waals surface area contributed by atoms with Crippen molar-refractivity contribution in [2.45, 2.75) is 45.3 Å². The second-order valence-electron chi connectivity index (χ2n) is 8.12. The van der Waals surface area contributed by atoms with Crippen molar-refractivity contribution in [3.05, 3.63) is 59.7 Å². The number of rotatable bonds is 8. The molecule has 1 fully saturated rings. The van der Waals surface area contributed by atoms with E-state index in [1.165, 1.54) is 12.7 Å². The number of esters is 1.